The van der Waals surface area contributed by atoms with E-state index in [1.807, 2.05) is 0 Å². The van der Waals surface area contributed by atoms with Gasteiger partial charge in [-0.25, -0.2) is 4.79 Å². The standard InChI is InChI=1S/C33H42O12/c1-16-21(42-17(2)34)14-32(30(5,6)45-29(40)20-11-9-8-10-12-20)24(16)25(43-18(3)35)27(38)31(7)22(37)13-23-33(15-41-23,44-19(4)36)26(31)28(32)39/h8-12,21-23,25-28,37-39H,13-15H2,1-7H3/t21-,22-,23+,25+,26?,27-,28-,31+,32-,33-/m0/s1. The molecule has 5 rings (SSSR count). The van der Waals surface area contributed by atoms with E-state index in [1.165, 1.54) is 13.8 Å². The van der Waals surface area contributed by atoms with Crippen LogP contribution in [0.4, 0.5) is 0 Å². The van der Waals surface area contributed by atoms with Crippen LogP contribution in [0.1, 0.15) is 71.7 Å². The fourth-order valence-corrected chi connectivity index (χ4v) is 8.65. The van der Waals surface area contributed by atoms with E-state index in [9.17, 15) is 34.5 Å². The largest absolute Gasteiger partial charge is 0.458 e. The maximum Gasteiger partial charge on any atom is 0.338 e. The number of aliphatic hydroxyl groups is 3. The van der Waals surface area contributed by atoms with E-state index >= 15 is 0 Å². The van der Waals surface area contributed by atoms with Crippen LogP contribution in [0, 0.1) is 16.7 Å². The molecule has 2 saturated carbocycles. The number of ether oxygens (including phenoxy) is 5. The van der Waals surface area contributed by atoms with Crippen molar-refractivity contribution in [3.63, 3.8) is 0 Å². The molecule has 1 aromatic rings. The average Bonchev–Trinajstić information content (AvgIpc) is 3.21. The van der Waals surface area contributed by atoms with E-state index in [1.54, 1.807) is 58.0 Å². The highest BCUT2D eigenvalue weighted by molar-refractivity contribution is 5.89. The number of benzene rings is 1. The molecule has 12 heteroatoms. The van der Waals surface area contributed by atoms with Crippen LogP contribution in [0.15, 0.2) is 41.5 Å². The van der Waals surface area contributed by atoms with Crippen molar-refractivity contribution in [1.29, 1.82) is 0 Å². The number of hydrogen-bond acceptors (Lipinski definition) is 12. The molecule has 1 aliphatic heterocycles. The van der Waals surface area contributed by atoms with Gasteiger partial charge >= 0.3 is 23.9 Å². The van der Waals surface area contributed by atoms with Gasteiger partial charge in [0.15, 0.2) is 11.7 Å². The lowest BCUT2D eigenvalue weighted by Gasteiger charge is -2.65. The van der Waals surface area contributed by atoms with Crippen LogP contribution in [0.3, 0.4) is 0 Å². The average molecular weight is 631 g/mol. The molecule has 12 nitrogen and oxygen atoms in total. The zero-order valence-electron chi connectivity index (χ0n) is 26.6. The van der Waals surface area contributed by atoms with Gasteiger partial charge in [0, 0.05) is 44.9 Å². The second-order valence-corrected chi connectivity index (χ2v) is 13.5. The first kappa shape index (κ1) is 33.1. The van der Waals surface area contributed by atoms with Gasteiger partial charge in [0.25, 0.3) is 0 Å². The highest BCUT2D eigenvalue weighted by Crippen LogP contribution is 2.68. The van der Waals surface area contributed by atoms with Gasteiger partial charge in [-0.05, 0) is 44.1 Å². The second-order valence-electron chi connectivity index (χ2n) is 13.5. The monoisotopic (exact) mass is 630 g/mol. The highest BCUT2D eigenvalue weighted by atomic mass is 16.6. The normalized spacial score (nSPS) is 38.8. The first-order chi connectivity index (χ1) is 20.9. The number of fused-ring (bicyclic) bond motifs is 4. The third kappa shape index (κ3) is 4.79. The van der Waals surface area contributed by atoms with Crippen molar-refractivity contribution < 1.29 is 58.2 Å². The van der Waals surface area contributed by atoms with Gasteiger partial charge in [-0.2, -0.15) is 0 Å². The van der Waals surface area contributed by atoms with Crippen molar-refractivity contribution in [3.05, 3.63) is 47.0 Å². The second kappa shape index (κ2) is 11.2. The van der Waals surface area contributed by atoms with Crippen LogP contribution < -0.4 is 0 Å². The van der Waals surface area contributed by atoms with Crippen LogP contribution >= 0.6 is 0 Å². The molecule has 10 atom stereocenters. The number of carbonyl (C=O) groups excluding carboxylic acids is 4. The van der Waals surface area contributed by atoms with E-state index in [4.69, 9.17) is 23.7 Å². The summed E-state index contributed by atoms with van der Waals surface area (Å²) in [5.41, 5.74) is -5.68. The molecule has 0 spiro atoms. The lowest BCUT2D eigenvalue weighted by molar-refractivity contribution is -0.351. The summed E-state index contributed by atoms with van der Waals surface area (Å²) in [6, 6.07) is 8.23. The number of aliphatic hydroxyl groups excluding tert-OH is 3. The Morgan fingerprint density at radius 3 is 2.09 bits per heavy atom. The van der Waals surface area contributed by atoms with Crippen molar-refractivity contribution in [1.82, 2.24) is 0 Å². The molecule has 1 heterocycles. The van der Waals surface area contributed by atoms with Gasteiger partial charge in [0.2, 0.25) is 0 Å². The van der Waals surface area contributed by atoms with Crippen LogP contribution in [-0.4, -0.2) is 93.6 Å². The molecule has 0 radical (unpaired) electrons. The number of carbonyl (C=O) groups is 4. The quantitative estimate of drug-likeness (QED) is 0.237. The van der Waals surface area contributed by atoms with Gasteiger partial charge < -0.3 is 39.0 Å². The Bertz CT molecular complexity index is 1420. The summed E-state index contributed by atoms with van der Waals surface area (Å²) >= 11 is 0. The summed E-state index contributed by atoms with van der Waals surface area (Å²) in [7, 11) is 0. The van der Waals surface area contributed by atoms with E-state index < -0.39 is 88.5 Å². The molecule has 45 heavy (non-hydrogen) atoms. The van der Waals surface area contributed by atoms with Gasteiger partial charge in [-0.15, -0.1) is 0 Å². The molecule has 1 aromatic carbocycles. The minimum Gasteiger partial charge on any atom is -0.458 e. The fraction of sp³-hybridized carbons (Fsp3) is 0.636. The molecule has 3 fully saturated rings. The Hall–Kier alpha value is -3.32. The minimum atomic E-state index is -1.71. The summed E-state index contributed by atoms with van der Waals surface area (Å²) in [6.45, 7) is 9.85. The van der Waals surface area contributed by atoms with Crippen LogP contribution in [0.2, 0.25) is 0 Å². The summed E-state index contributed by atoms with van der Waals surface area (Å²) < 4.78 is 29.5. The molecular formula is C33H42O12. The summed E-state index contributed by atoms with van der Waals surface area (Å²) in [4.78, 5) is 51.2. The first-order valence-corrected chi connectivity index (χ1v) is 15.1. The van der Waals surface area contributed by atoms with Crippen molar-refractivity contribution in [2.45, 2.75) is 109 Å². The molecule has 3 N–H and O–H groups in total. The predicted molar refractivity (Wildman–Crippen MR) is 155 cm³/mol. The Balaban J connectivity index is 1.81. The third-order valence-corrected chi connectivity index (χ3v) is 10.7. The molecule has 1 saturated heterocycles. The SMILES string of the molecule is CC(=O)O[C@H]1C[C@]2(C(C)(C)OC(=O)c3ccccc3)C(=C1C)[C@@H](OC(C)=O)[C@H](O)[C@@]1(C)C([C@@H]2O)[C@]2(OC(C)=O)CO[C@@H]2C[C@@H]1O. The van der Waals surface area contributed by atoms with Crippen molar-refractivity contribution >= 4 is 23.9 Å². The molecular weight excluding hydrogens is 588 g/mol. The molecule has 4 aliphatic rings. The van der Waals surface area contributed by atoms with Gasteiger partial charge in [0.05, 0.1) is 29.8 Å². The Morgan fingerprint density at radius 2 is 1.56 bits per heavy atom. The number of esters is 4. The maximum absolute atomic E-state index is 13.6. The van der Waals surface area contributed by atoms with Gasteiger partial charge in [0.1, 0.15) is 23.9 Å². The lowest BCUT2D eigenvalue weighted by atomic mass is 9.49. The fourth-order valence-electron chi connectivity index (χ4n) is 8.65. The van der Waals surface area contributed by atoms with E-state index in [0.29, 0.717) is 5.57 Å². The van der Waals surface area contributed by atoms with E-state index in [-0.39, 0.29) is 30.6 Å². The smallest absolute Gasteiger partial charge is 0.338 e. The summed E-state index contributed by atoms with van der Waals surface area (Å²) in [5, 5.41) is 37.0. The van der Waals surface area contributed by atoms with E-state index in [0.717, 1.165) is 6.92 Å². The Morgan fingerprint density at radius 1 is 0.933 bits per heavy atom. The molecule has 0 amide bonds. The molecule has 0 aromatic heterocycles. The van der Waals surface area contributed by atoms with Crippen LogP contribution in [0.25, 0.3) is 0 Å². The molecule has 3 aliphatic carbocycles. The summed E-state index contributed by atoms with van der Waals surface area (Å²) in [5.74, 6) is -3.99. The zero-order valence-corrected chi connectivity index (χ0v) is 26.6. The zero-order chi connectivity index (χ0) is 33.3. The summed E-state index contributed by atoms with van der Waals surface area (Å²) in [6.07, 6.45) is -8.06. The molecule has 0 bridgehead atoms. The van der Waals surface area contributed by atoms with Crippen molar-refractivity contribution in [3.8, 4) is 0 Å². The number of hydrogen-bond donors (Lipinski definition) is 3. The lowest BCUT2D eigenvalue weighted by Crippen LogP contribution is -2.78. The highest BCUT2D eigenvalue weighted by Gasteiger charge is 2.78. The maximum atomic E-state index is 13.6. The van der Waals surface area contributed by atoms with Gasteiger partial charge in [-0.1, -0.05) is 25.1 Å². The minimum absolute atomic E-state index is 0.0374. The molecule has 246 valence electrons. The topological polar surface area (TPSA) is 175 Å². The Labute approximate surface area is 261 Å². The van der Waals surface area contributed by atoms with Crippen LogP contribution in [-0.2, 0) is 38.1 Å². The van der Waals surface area contributed by atoms with Crippen molar-refractivity contribution in [2.24, 2.45) is 16.7 Å². The number of rotatable bonds is 6. The van der Waals surface area contributed by atoms with Gasteiger partial charge in [-0.3, -0.25) is 14.4 Å². The van der Waals surface area contributed by atoms with Crippen LogP contribution in [0.5, 0.6) is 0 Å². The molecule has 1 unspecified atom stereocenters. The van der Waals surface area contributed by atoms with Crippen molar-refractivity contribution in [2.75, 3.05) is 6.61 Å². The first-order valence-electron chi connectivity index (χ1n) is 15.1. The predicted octanol–water partition coefficient (Wildman–Crippen LogP) is 2.02. The van der Waals surface area contributed by atoms with E-state index in [2.05, 4.69) is 0 Å². The Kier molecular flexibility index (Phi) is 8.21. The third-order valence-electron chi connectivity index (χ3n) is 10.7.